The van der Waals surface area contributed by atoms with Crippen LogP contribution in [0.1, 0.15) is 19.8 Å². The Hall–Kier alpha value is -1.10. The van der Waals surface area contributed by atoms with Crippen molar-refractivity contribution >= 4 is 11.8 Å². The average molecular weight is 225 g/mol. The van der Waals surface area contributed by atoms with Gasteiger partial charge in [0.25, 0.3) is 0 Å². The summed E-state index contributed by atoms with van der Waals surface area (Å²) in [5.74, 6) is 0.215. The van der Waals surface area contributed by atoms with Crippen molar-refractivity contribution in [2.45, 2.75) is 25.8 Å². The Morgan fingerprint density at radius 1 is 1.44 bits per heavy atom. The van der Waals surface area contributed by atoms with Crippen LogP contribution in [0.3, 0.4) is 0 Å². The second kappa shape index (κ2) is 4.82. The number of piperazine rings is 1. The van der Waals surface area contributed by atoms with Crippen LogP contribution in [0.25, 0.3) is 0 Å². The summed E-state index contributed by atoms with van der Waals surface area (Å²) in [6.45, 7) is 4.48. The van der Waals surface area contributed by atoms with Crippen molar-refractivity contribution in [3.05, 3.63) is 0 Å². The minimum Gasteiger partial charge on any atom is -0.353 e. The number of carbonyl (C=O) groups is 2. The molecule has 5 nitrogen and oxygen atoms in total. The van der Waals surface area contributed by atoms with Gasteiger partial charge in [0.05, 0.1) is 6.54 Å². The van der Waals surface area contributed by atoms with Gasteiger partial charge in [0.15, 0.2) is 0 Å². The van der Waals surface area contributed by atoms with Crippen LogP contribution >= 0.6 is 0 Å². The summed E-state index contributed by atoms with van der Waals surface area (Å²) >= 11 is 0. The predicted molar refractivity (Wildman–Crippen MR) is 59.8 cm³/mol. The SMILES string of the molecule is CC1CC(C(=O)N2CCNC(=O)C2)CCN1. The van der Waals surface area contributed by atoms with E-state index in [0.717, 1.165) is 19.4 Å². The number of rotatable bonds is 1. The lowest BCUT2D eigenvalue weighted by atomic mass is 9.92. The summed E-state index contributed by atoms with van der Waals surface area (Å²) in [4.78, 5) is 25.1. The number of hydrogen-bond acceptors (Lipinski definition) is 3. The zero-order valence-electron chi connectivity index (χ0n) is 9.66. The number of carbonyl (C=O) groups excluding carboxylic acids is 2. The molecule has 0 aliphatic carbocycles. The first kappa shape index (κ1) is 11.4. The maximum atomic E-state index is 12.2. The molecule has 0 saturated carbocycles. The molecule has 2 aliphatic heterocycles. The third-order valence-corrected chi connectivity index (χ3v) is 3.32. The minimum absolute atomic E-state index is 0.0402. The molecule has 16 heavy (non-hydrogen) atoms. The molecule has 0 spiro atoms. The fourth-order valence-corrected chi connectivity index (χ4v) is 2.44. The Morgan fingerprint density at radius 3 is 2.94 bits per heavy atom. The molecule has 5 heteroatoms. The molecule has 2 fully saturated rings. The molecule has 2 aliphatic rings. The first-order valence-electron chi connectivity index (χ1n) is 5.95. The van der Waals surface area contributed by atoms with E-state index in [1.165, 1.54) is 0 Å². The fourth-order valence-electron chi connectivity index (χ4n) is 2.44. The van der Waals surface area contributed by atoms with E-state index < -0.39 is 0 Å². The highest BCUT2D eigenvalue weighted by Gasteiger charge is 2.30. The molecule has 2 heterocycles. The van der Waals surface area contributed by atoms with Gasteiger partial charge in [-0.15, -0.1) is 0 Å². The molecule has 2 N–H and O–H groups in total. The topological polar surface area (TPSA) is 61.4 Å². The van der Waals surface area contributed by atoms with E-state index in [-0.39, 0.29) is 24.3 Å². The van der Waals surface area contributed by atoms with Crippen molar-refractivity contribution in [1.82, 2.24) is 15.5 Å². The second-order valence-corrected chi connectivity index (χ2v) is 4.69. The zero-order chi connectivity index (χ0) is 11.5. The van der Waals surface area contributed by atoms with Crippen LogP contribution in [0.2, 0.25) is 0 Å². The molecule has 90 valence electrons. The summed E-state index contributed by atoms with van der Waals surface area (Å²) < 4.78 is 0. The van der Waals surface area contributed by atoms with E-state index in [9.17, 15) is 9.59 Å². The van der Waals surface area contributed by atoms with Crippen molar-refractivity contribution < 1.29 is 9.59 Å². The van der Waals surface area contributed by atoms with Crippen molar-refractivity contribution in [1.29, 1.82) is 0 Å². The highest BCUT2D eigenvalue weighted by Crippen LogP contribution is 2.19. The standard InChI is InChI=1S/C11H19N3O2/c1-8-6-9(2-3-12-8)11(16)14-5-4-13-10(15)7-14/h8-9,12H,2-7H2,1H3,(H,13,15). The Balaban J connectivity index is 1.92. The number of hydrogen-bond donors (Lipinski definition) is 2. The van der Waals surface area contributed by atoms with Gasteiger partial charge in [0.1, 0.15) is 0 Å². The van der Waals surface area contributed by atoms with Gasteiger partial charge in [-0.2, -0.15) is 0 Å². The average Bonchev–Trinajstić information content (AvgIpc) is 2.28. The predicted octanol–water partition coefficient (Wildman–Crippen LogP) is -0.667. The third kappa shape index (κ3) is 2.52. The minimum atomic E-state index is -0.0402. The number of amides is 2. The lowest BCUT2D eigenvalue weighted by Crippen LogP contribution is -2.53. The molecular formula is C11H19N3O2. The lowest BCUT2D eigenvalue weighted by molar-refractivity contribution is -0.142. The van der Waals surface area contributed by atoms with Crippen LogP contribution in [0.5, 0.6) is 0 Å². The Bertz CT molecular complexity index is 293. The van der Waals surface area contributed by atoms with Gasteiger partial charge in [0, 0.05) is 25.0 Å². The largest absolute Gasteiger partial charge is 0.353 e. The molecular weight excluding hydrogens is 206 g/mol. The Morgan fingerprint density at radius 2 is 2.25 bits per heavy atom. The van der Waals surface area contributed by atoms with E-state index in [4.69, 9.17) is 0 Å². The first-order valence-corrected chi connectivity index (χ1v) is 5.95. The highest BCUT2D eigenvalue weighted by atomic mass is 16.2. The molecule has 2 saturated heterocycles. The summed E-state index contributed by atoms with van der Waals surface area (Å²) in [5.41, 5.74) is 0. The van der Waals surface area contributed by atoms with Crippen molar-refractivity contribution in [3.8, 4) is 0 Å². The normalized spacial score (nSPS) is 31.1. The van der Waals surface area contributed by atoms with Crippen LogP contribution in [0.15, 0.2) is 0 Å². The Kier molecular flexibility index (Phi) is 3.43. The van der Waals surface area contributed by atoms with E-state index in [1.807, 2.05) is 0 Å². The van der Waals surface area contributed by atoms with Gasteiger partial charge in [0.2, 0.25) is 11.8 Å². The van der Waals surface area contributed by atoms with E-state index >= 15 is 0 Å². The van der Waals surface area contributed by atoms with E-state index in [0.29, 0.717) is 19.1 Å². The highest BCUT2D eigenvalue weighted by molar-refractivity contribution is 5.87. The van der Waals surface area contributed by atoms with Gasteiger partial charge in [-0.1, -0.05) is 0 Å². The lowest BCUT2D eigenvalue weighted by Gasteiger charge is -2.33. The summed E-state index contributed by atoms with van der Waals surface area (Å²) in [6, 6.07) is 0.404. The van der Waals surface area contributed by atoms with Gasteiger partial charge in [-0.3, -0.25) is 9.59 Å². The maximum Gasteiger partial charge on any atom is 0.239 e. The molecule has 0 aromatic carbocycles. The molecule has 0 bridgehead atoms. The van der Waals surface area contributed by atoms with Crippen LogP contribution in [0.4, 0.5) is 0 Å². The molecule has 0 aromatic rings. The second-order valence-electron chi connectivity index (χ2n) is 4.69. The molecule has 2 atom stereocenters. The zero-order valence-corrected chi connectivity index (χ0v) is 9.66. The van der Waals surface area contributed by atoms with Crippen LogP contribution in [-0.2, 0) is 9.59 Å². The smallest absolute Gasteiger partial charge is 0.239 e. The van der Waals surface area contributed by atoms with Gasteiger partial charge in [-0.05, 0) is 26.3 Å². The quantitative estimate of drug-likeness (QED) is 0.622. The monoisotopic (exact) mass is 225 g/mol. The molecule has 2 unspecified atom stereocenters. The third-order valence-electron chi connectivity index (χ3n) is 3.32. The number of nitrogens with one attached hydrogen (secondary N) is 2. The number of piperidine rings is 1. The number of nitrogens with zero attached hydrogens (tertiary/aromatic N) is 1. The van der Waals surface area contributed by atoms with Crippen LogP contribution < -0.4 is 10.6 Å². The Labute approximate surface area is 95.6 Å². The first-order chi connectivity index (χ1) is 7.66. The van der Waals surface area contributed by atoms with Gasteiger partial charge >= 0.3 is 0 Å². The van der Waals surface area contributed by atoms with E-state index in [2.05, 4.69) is 17.6 Å². The fraction of sp³-hybridized carbons (Fsp3) is 0.818. The van der Waals surface area contributed by atoms with Crippen LogP contribution in [0, 0.1) is 5.92 Å². The van der Waals surface area contributed by atoms with Crippen molar-refractivity contribution in [3.63, 3.8) is 0 Å². The summed E-state index contributed by atoms with van der Waals surface area (Å²) in [7, 11) is 0. The molecule has 2 amide bonds. The van der Waals surface area contributed by atoms with E-state index in [1.54, 1.807) is 4.90 Å². The summed E-state index contributed by atoms with van der Waals surface area (Å²) in [6.07, 6.45) is 1.78. The van der Waals surface area contributed by atoms with Crippen molar-refractivity contribution in [2.75, 3.05) is 26.2 Å². The van der Waals surface area contributed by atoms with Gasteiger partial charge in [-0.25, -0.2) is 0 Å². The van der Waals surface area contributed by atoms with Gasteiger partial charge < -0.3 is 15.5 Å². The van der Waals surface area contributed by atoms with Crippen molar-refractivity contribution in [2.24, 2.45) is 5.92 Å². The summed E-state index contributed by atoms with van der Waals surface area (Å²) in [5, 5.41) is 6.06. The van der Waals surface area contributed by atoms with Crippen LogP contribution in [-0.4, -0.2) is 48.9 Å². The molecule has 2 rings (SSSR count). The molecule has 0 aromatic heterocycles. The maximum absolute atomic E-state index is 12.2. The molecule has 0 radical (unpaired) electrons.